The molecule has 0 aliphatic heterocycles. The molecule has 0 saturated heterocycles. The average molecular weight is 1880 g/mol. The summed E-state index contributed by atoms with van der Waals surface area (Å²) in [6.07, 6.45) is 16.3. The minimum atomic E-state index is -0.843. The van der Waals surface area contributed by atoms with Gasteiger partial charge in [0.25, 0.3) is 0 Å². The Bertz CT molecular complexity index is 6670. The lowest BCUT2D eigenvalue weighted by Crippen LogP contribution is -2.07. The van der Waals surface area contributed by atoms with Crippen molar-refractivity contribution >= 4 is 115 Å². The second-order valence-electron chi connectivity index (χ2n) is 32.5. The molecule has 8 heterocycles. The average Bonchev–Trinajstić information content (AvgIpc) is 0.984. The summed E-state index contributed by atoms with van der Waals surface area (Å²) in [5.74, 6) is 2.65. The van der Waals surface area contributed by atoms with Gasteiger partial charge in [-0.15, -0.1) is 58.5 Å². The summed E-state index contributed by atoms with van der Waals surface area (Å²) in [6.45, 7) is 20.2. The zero-order chi connectivity index (χ0) is 95.7. The molecule has 136 heavy (non-hydrogen) atoms. The van der Waals surface area contributed by atoms with Crippen LogP contribution in [-0.2, 0) is 135 Å². The van der Waals surface area contributed by atoms with E-state index >= 15 is 0 Å². The molecule has 0 aliphatic carbocycles. The maximum Gasteiger partial charge on any atom is 0.307 e. The molecule has 0 fully saturated rings. The number of aliphatic carboxylic acids is 4. The third kappa shape index (κ3) is 29.2. The molecular formula is C112H112N12O8S4. The van der Waals surface area contributed by atoms with E-state index in [0.29, 0.717) is 18.7 Å². The predicted molar refractivity (Wildman–Crippen MR) is 556 cm³/mol. The minimum absolute atomic E-state index is 0.00371. The van der Waals surface area contributed by atoms with E-state index in [1.165, 1.54) is 41.8 Å². The van der Waals surface area contributed by atoms with Gasteiger partial charge in [0.05, 0.1) is 45.2 Å². The second kappa shape index (κ2) is 50.0. The van der Waals surface area contributed by atoms with Gasteiger partial charge in [0.1, 0.15) is 23.3 Å². The lowest BCUT2D eigenvalue weighted by molar-refractivity contribution is -0.137. The molecule has 8 N–H and O–H groups in total. The number of carbonyl (C=O) groups is 4. The second-order valence-corrected chi connectivity index (χ2v) is 37.2. The lowest BCUT2D eigenvalue weighted by Gasteiger charge is -2.15. The molecule has 0 radical (unpaired) electrons. The largest absolute Gasteiger partial charge is 0.481 e. The highest BCUT2D eigenvalue weighted by Gasteiger charge is 2.22. The maximum atomic E-state index is 11.0. The topological polar surface area (TPSA) is 300 Å². The molecule has 20 nitrogen and oxygen atoms in total. The molecule has 16 aromatic rings. The number of nitrogens with zero attached hydrogens (tertiary/aromatic N) is 8. The Kier molecular flexibility index (Phi) is 36.3. The smallest absolute Gasteiger partial charge is 0.307 e. The SMILES string of the molecule is C=CCc1c(C)nc(-c2ccc(CCc3ccccc3)s2)nc1Nc1ccc(CC(=O)O)cc1.C=CCc1c(CC)nc(-c2ccc(CCc3ccccc3)s2)nc1Nc1ccc(CC(=O)O)cc1.CCc1c(C)nc(-c2ccc(CCc3ccccc3)s2)nc1Nc1ccc(CC(=O)O)cc1.CCc1nc(-c2ccc(CCc3ccccc3)s2)nc(Nc2ccc(CC(=O)O)cc2)c1CC. The number of aromatic nitrogens is 8. The summed E-state index contributed by atoms with van der Waals surface area (Å²) in [6, 6.07) is 88.9. The van der Waals surface area contributed by atoms with Crippen LogP contribution >= 0.6 is 45.3 Å². The number of hydrogen-bond donors (Lipinski definition) is 8. The number of nitrogens with one attached hydrogen (secondary N) is 4. The van der Waals surface area contributed by atoms with Crippen molar-refractivity contribution in [2.24, 2.45) is 0 Å². The first-order valence-electron chi connectivity index (χ1n) is 45.7. The Labute approximate surface area is 811 Å². The molecule has 0 atom stereocenters. The zero-order valence-corrected chi connectivity index (χ0v) is 80.6. The van der Waals surface area contributed by atoms with Gasteiger partial charge >= 0.3 is 23.9 Å². The van der Waals surface area contributed by atoms with Gasteiger partial charge in [0.15, 0.2) is 23.3 Å². The number of carboxylic acids is 4. The standard InChI is InChI=1S/C29H29N3O2S.C28H27N3O2S.C28H29N3O2S.C27H27N3O2S/c1-3-8-24-25(4-2)31-29(26-18-17-23(35-26)16-13-20-9-6-5-7-10-20)32-28(24)30-22-14-11-21(12-15-22)19-27(33)34;1-3-7-24-19(2)29-28(25-17-16-23(34-25)15-12-20-8-5-4-6-9-20)31-27(24)30-22-13-10-21(11-14-22)18-26(32)33;1-3-23-24(4-2)30-28(25-17-16-22(34-25)15-12-19-8-6-5-7-9-19)31-27(23)29-21-13-10-20(11-14-21)18-26(32)33;1-3-23-18(2)28-27(24-16-15-22(33-24)14-11-19-7-5-4-6-8-19)30-26(23)29-21-12-9-20(10-13-21)17-25(31)32/h3,5-7,9-12,14-15,17-18H,1,4,8,13,16,19H2,2H3,(H,33,34)(H,30,31,32);3-6,8-11,13-14,16-17H,1,7,12,15,18H2,2H3,(H,32,33)(H,29,30,31);5-11,13-14,16-17H,3-4,12,15,18H2,1-2H3,(H,32,33)(H,29,30,31);4-10,12-13,15-16H,3,11,14,17H2,1-2H3,(H,31,32)(H,28,29,30). The van der Waals surface area contributed by atoms with Gasteiger partial charge in [0.2, 0.25) is 0 Å². The zero-order valence-electron chi connectivity index (χ0n) is 77.3. The number of rotatable bonds is 40. The highest BCUT2D eigenvalue weighted by atomic mass is 32.1. The fraction of sp³-hybridized carbons (Fsp3) is 0.214. The number of carboxylic acid groups (broad SMARTS) is 4. The fourth-order valence-electron chi connectivity index (χ4n) is 15.5. The predicted octanol–water partition coefficient (Wildman–Crippen LogP) is 25.8. The Morgan fingerprint density at radius 2 is 0.515 bits per heavy atom. The summed E-state index contributed by atoms with van der Waals surface area (Å²) in [5, 5.41) is 49.7. The van der Waals surface area contributed by atoms with E-state index in [9.17, 15) is 19.2 Å². The molecular weight excluding hydrogens is 1770 g/mol. The molecule has 0 bridgehead atoms. The maximum absolute atomic E-state index is 11.0. The van der Waals surface area contributed by atoms with Crippen LogP contribution in [0.5, 0.6) is 0 Å². The molecule has 8 aromatic carbocycles. The van der Waals surface area contributed by atoms with E-state index in [-0.39, 0.29) is 25.7 Å². The van der Waals surface area contributed by atoms with Crippen molar-refractivity contribution in [1.82, 2.24) is 39.9 Å². The molecule has 0 spiro atoms. The van der Waals surface area contributed by atoms with Crippen LogP contribution in [-0.4, -0.2) is 84.2 Å². The molecule has 692 valence electrons. The van der Waals surface area contributed by atoms with Crippen molar-refractivity contribution in [2.75, 3.05) is 21.3 Å². The van der Waals surface area contributed by atoms with E-state index in [1.54, 1.807) is 45.3 Å². The molecule has 0 saturated carbocycles. The summed E-state index contributed by atoms with van der Waals surface area (Å²) >= 11 is 6.96. The first-order valence-corrected chi connectivity index (χ1v) is 49.0. The molecule has 0 unspecified atom stereocenters. The Morgan fingerprint density at radius 3 is 0.779 bits per heavy atom. The Balaban J connectivity index is 0.000000153. The van der Waals surface area contributed by atoms with Crippen LogP contribution in [0.15, 0.2) is 292 Å². The van der Waals surface area contributed by atoms with E-state index in [1.807, 2.05) is 147 Å². The van der Waals surface area contributed by atoms with E-state index in [2.05, 4.69) is 208 Å². The van der Waals surface area contributed by atoms with Gasteiger partial charge in [-0.1, -0.05) is 210 Å². The fourth-order valence-corrected chi connectivity index (χ4v) is 19.2. The van der Waals surface area contributed by atoms with Crippen molar-refractivity contribution < 1.29 is 39.6 Å². The monoisotopic (exact) mass is 1880 g/mol. The molecule has 24 heteroatoms. The Hall–Kier alpha value is -14.6. The van der Waals surface area contributed by atoms with E-state index < -0.39 is 23.9 Å². The lowest BCUT2D eigenvalue weighted by atomic mass is 10.1. The van der Waals surface area contributed by atoms with Gasteiger partial charge in [-0.3, -0.25) is 19.2 Å². The van der Waals surface area contributed by atoms with Gasteiger partial charge in [-0.05, 0) is 245 Å². The van der Waals surface area contributed by atoms with E-state index in [4.69, 9.17) is 60.3 Å². The van der Waals surface area contributed by atoms with Crippen LogP contribution in [0, 0.1) is 13.8 Å². The highest BCUT2D eigenvalue weighted by Crippen LogP contribution is 2.37. The number of hydrogen-bond acceptors (Lipinski definition) is 20. The third-order valence-electron chi connectivity index (χ3n) is 22.5. The van der Waals surface area contributed by atoms with E-state index in [0.717, 1.165) is 227 Å². The normalized spacial score (nSPS) is 10.8. The van der Waals surface area contributed by atoms with Crippen molar-refractivity contribution in [1.29, 1.82) is 0 Å². The first-order chi connectivity index (χ1) is 66.1. The minimum Gasteiger partial charge on any atom is -0.481 e. The van der Waals surface area contributed by atoms with Crippen LogP contribution in [0.3, 0.4) is 0 Å². The number of allylic oxidation sites excluding steroid dienone is 2. The number of thiophene rings is 4. The molecule has 0 amide bonds. The molecule has 0 aliphatic rings. The van der Waals surface area contributed by atoms with Crippen LogP contribution in [0.4, 0.5) is 46.0 Å². The quantitative estimate of drug-likeness (QED) is 0.0166. The van der Waals surface area contributed by atoms with Crippen molar-refractivity contribution in [3.05, 3.63) is 401 Å². The van der Waals surface area contributed by atoms with Crippen molar-refractivity contribution in [3.63, 3.8) is 0 Å². The number of benzene rings is 8. The number of aryl methyl sites for hydroxylation is 12. The van der Waals surface area contributed by atoms with Crippen LogP contribution in [0.2, 0.25) is 0 Å². The van der Waals surface area contributed by atoms with Gasteiger partial charge in [-0.25, -0.2) is 39.9 Å². The third-order valence-corrected chi connectivity index (χ3v) is 27.1. The Morgan fingerprint density at radius 1 is 0.272 bits per heavy atom. The number of anilines is 8. The molecule has 8 aromatic heterocycles. The van der Waals surface area contributed by atoms with Crippen molar-refractivity contribution in [2.45, 2.75) is 157 Å². The summed E-state index contributed by atoms with van der Waals surface area (Å²) in [7, 11) is 0. The van der Waals surface area contributed by atoms with Crippen LogP contribution < -0.4 is 21.3 Å². The van der Waals surface area contributed by atoms with Crippen molar-refractivity contribution in [3.8, 4) is 42.8 Å². The summed E-state index contributed by atoms with van der Waals surface area (Å²) in [4.78, 5) is 92.2. The molecule has 16 rings (SSSR count). The van der Waals surface area contributed by atoms with Gasteiger partial charge in [0, 0.05) is 87.3 Å². The van der Waals surface area contributed by atoms with Crippen LogP contribution in [0.1, 0.15) is 137 Å². The van der Waals surface area contributed by atoms with Gasteiger partial charge < -0.3 is 41.7 Å². The van der Waals surface area contributed by atoms with Crippen LogP contribution in [0.25, 0.3) is 42.8 Å². The summed E-state index contributed by atoms with van der Waals surface area (Å²) < 4.78 is 0. The van der Waals surface area contributed by atoms with Gasteiger partial charge in [-0.2, -0.15) is 0 Å². The highest BCUT2D eigenvalue weighted by molar-refractivity contribution is 7.16. The summed E-state index contributed by atoms with van der Waals surface area (Å²) in [5.41, 5.74) is 20.0. The first kappa shape index (κ1) is 98.9.